The molecule has 0 aromatic heterocycles. The quantitative estimate of drug-likeness (QED) is 0.646. The zero-order valence-corrected chi connectivity index (χ0v) is 6.73. The Morgan fingerprint density at radius 3 is 2.90 bits per heavy atom. The molecule has 2 nitrogen and oxygen atoms in total. The van der Waals surface area contributed by atoms with Crippen molar-refractivity contribution in [3.63, 3.8) is 0 Å². The minimum absolute atomic E-state index is 0.166. The molecule has 1 rings (SSSR count). The summed E-state index contributed by atoms with van der Waals surface area (Å²) in [4.78, 5) is 0. The van der Waals surface area contributed by atoms with E-state index in [1.807, 2.05) is 0 Å². The lowest BCUT2D eigenvalue weighted by Crippen LogP contribution is -2.23. The number of nitrogens with two attached hydrogens (primary N) is 1. The van der Waals surface area contributed by atoms with E-state index in [4.69, 9.17) is 10.5 Å². The van der Waals surface area contributed by atoms with Crippen LogP contribution in [0.15, 0.2) is 0 Å². The van der Waals surface area contributed by atoms with Gasteiger partial charge in [-0.3, -0.25) is 0 Å². The average Bonchev–Trinajstić information content (AvgIpc) is 2.33. The van der Waals surface area contributed by atoms with Crippen LogP contribution in [0.25, 0.3) is 0 Å². The highest BCUT2D eigenvalue weighted by Crippen LogP contribution is 2.28. The third-order valence-corrected chi connectivity index (χ3v) is 2.21. The molecule has 2 heteroatoms. The lowest BCUT2D eigenvalue weighted by molar-refractivity contribution is 0.0123. The summed E-state index contributed by atoms with van der Waals surface area (Å²) in [6.45, 7) is 3.93. The lowest BCUT2D eigenvalue weighted by atomic mass is 9.97. The van der Waals surface area contributed by atoms with Crippen LogP contribution < -0.4 is 5.73 Å². The Labute approximate surface area is 62.7 Å². The molecule has 1 atom stereocenters. The van der Waals surface area contributed by atoms with Gasteiger partial charge in [0.1, 0.15) is 0 Å². The van der Waals surface area contributed by atoms with Gasteiger partial charge in [0.25, 0.3) is 0 Å². The van der Waals surface area contributed by atoms with Gasteiger partial charge in [0, 0.05) is 6.61 Å². The molecule has 0 amide bonds. The first kappa shape index (κ1) is 8.02. The topological polar surface area (TPSA) is 35.2 Å². The molecule has 0 bridgehead atoms. The maximum absolute atomic E-state index is 5.59. The zero-order valence-electron chi connectivity index (χ0n) is 6.73. The monoisotopic (exact) mass is 143 g/mol. The summed E-state index contributed by atoms with van der Waals surface area (Å²) in [6, 6.07) is 0. The van der Waals surface area contributed by atoms with Crippen molar-refractivity contribution in [1.82, 2.24) is 0 Å². The Bertz CT molecular complexity index is 97.4. The van der Waals surface area contributed by atoms with Gasteiger partial charge in [-0.25, -0.2) is 0 Å². The Hall–Kier alpha value is -0.0800. The van der Waals surface area contributed by atoms with E-state index in [-0.39, 0.29) is 5.60 Å². The maximum atomic E-state index is 5.59. The van der Waals surface area contributed by atoms with Gasteiger partial charge in [0.15, 0.2) is 0 Å². The summed E-state index contributed by atoms with van der Waals surface area (Å²) in [5.41, 5.74) is 5.58. The zero-order chi connectivity index (χ0) is 7.45. The molecule has 0 aromatic rings. The molecule has 0 aliphatic carbocycles. The molecule has 1 saturated heterocycles. The molecule has 0 radical (unpaired) electrons. The van der Waals surface area contributed by atoms with E-state index in [0.717, 1.165) is 26.0 Å². The molecule has 0 aromatic carbocycles. The highest BCUT2D eigenvalue weighted by Gasteiger charge is 2.28. The van der Waals surface area contributed by atoms with E-state index in [9.17, 15) is 0 Å². The second kappa shape index (κ2) is 3.35. The number of ether oxygens (including phenoxy) is 1. The van der Waals surface area contributed by atoms with Gasteiger partial charge in [-0.05, 0) is 39.2 Å². The molecule has 0 spiro atoms. The Kier molecular flexibility index (Phi) is 2.69. The molecule has 0 saturated carbocycles. The van der Waals surface area contributed by atoms with Crippen molar-refractivity contribution in [1.29, 1.82) is 0 Å². The molecule has 10 heavy (non-hydrogen) atoms. The summed E-state index contributed by atoms with van der Waals surface area (Å²) in [5, 5.41) is 0. The van der Waals surface area contributed by atoms with Gasteiger partial charge in [-0.15, -0.1) is 0 Å². The third kappa shape index (κ3) is 1.96. The lowest BCUT2D eigenvalue weighted by Gasteiger charge is -2.22. The minimum atomic E-state index is 0.166. The Morgan fingerprint density at radius 2 is 2.40 bits per heavy atom. The van der Waals surface area contributed by atoms with Crippen LogP contribution in [-0.4, -0.2) is 18.8 Å². The summed E-state index contributed by atoms with van der Waals surface area (Å²) in [7, 11) is 0. The van der Waals surface area contributed by atoms with Gasteiger partial charge in [-0.1, -0.05) is 0 Å². The first-order valence-corrected chi connectivity index (χ1v) is 4.11. The van der Waals surface area contributed by atoms with Gasteiger partial charge in [0.05, 0.1) is 5.60 Å². The van der Waals surface area contributed by atoms with Gasteiger partial charge in [-0.2, -0.15) is 0 Å². The fourth-order valence-electron chi connectivity index (χ4n) is 1.51. The summed E-state index contributed by atoms with van der Waals surface area (Å²) >= 11 is 0. The molecule has 1 aliphatic heterocycles. The maximum Gasteiger partial charge on any atom is 0.0655 e. The number of hydrogen-bond donors (Lipinski definition) is 1. The van der Waals surface area contributed by atoms with Crippen LogP contribution in [0.2, 0.25) is 0 Å². The standard InChI is InChI=1S/C8H17NO/c1-8(4-2-6-9)5-3-7-10-8/h2-7,9H2,1H3. The van der Waals surface area contributed by atoms with Crippen LogP contribution in [0.5, 0.6) is 0 Å². The van der Waals surface area contributed by atoms with E-state index < -0.39 is 0 Å². The first-order chi connectivity index (χ1) is 4.77. The fourth-order valence-corrected chi connectivity index (χ4v) is 1.51. The average molecular weight is 143 g/mol. The van der Waals surface area contributed by atoms with Crippen LogP contribution >= 0.6 is 0 Å². The van der Waals surface area contributed by atoms with Gasteiger partial charge >= 0.3 is 0 Å². The molecular weight excluding hydrogens is 126 g/mol. The second-order valence-corrected chi connectivity index (χ2v) is 3.29. The van der Waals surface area contributed by atoms with Crippen LogP contribution in [0.1, 0.15) is 32.6 Å². The molecular formula is C8H17NO. The van der Waals surface area contributed by atoms with Crippen LogP contribution in [-0.2, 0) is 4.74 Å². The molecule has 1 fully saturated rings. The van der Waals surface area contributed by atoms with E-state index in [1.54, 1.807) is 0 Å². The second-order valence-electron chi connectivity index (χ2n) is 3.29. The first-order valence-electron chi connectivity index (χ1n) is 4.11. The van der Waals surface area contributed by atoms with Crippen molar-refractivity contribution in [2.24, 2.45) is 5.73 Å². The van der Waals surface area contributed by atoms with Crippen molar-refractivity contribution in [3.05, 3.63) is 0 Å². The van der Waals surface area contributed by atoms with Crippen LogP contribution in [0, 0.1) is 0 Å². The van der Waals surface area contributed by atoms with Crippen molar-refractivity contribution >= 4 is 0 Å². The molecule has 1 aliphatic rings. The normalized spacial score (nSPS) is 33.0. The molecule has 1 unspecified atom stereocenters. The summed E-state index contributed by atoms with van der Waals surface area (Å²) in [6.07, 6.45) is 4.66. The van der Waals surface area contributed by atoms with Crippen molar-refractivity contribution in [3.8, 4) is 0 Å². The summed E-state index contributed by atoms with van der Waals surface area (Å²) in [5.74, 6) is 0. The predicted molar refractivity (Wildman–Crippen MR) is 41.9 cm³/mol. The molecule has 1 heterocycles. The van der Waals surface area contributed by atoms with Crippen molar-refractivity contribution < 1.29 is 4.74 Å². The van der Waals surface area contributed by atoms with E-state index >= 15 is 0 Å². The molecule has 2 N–H and O–H groups in total. The Balaban J connectivity index is 2.22. The highest BCUT2D eigenvalue weighted by atomic mass is 16.5. The van der Waals surface area contributed by atoms with Gasteiger partial charge < -0.3 is 10.5 Å². The predicted octanol–water partition coefficient (Wildman–Crippen LogP) is 1.29. The Morgan fingerprint density at radius 1 is 1.60 bits per heavy atom. The van der Waals surface area contributed by atoms with E-state index in [0.29, 0.717) is 0 Å². The largest absolute Gasteiger partial charge is 0.375 e. The van der Waals surface area contributed by atoms with Crippen LogP contribution in [0.3, 0.4) is 0 Å². The van der Waals surface area contributed by atoms with Crippen molar-refractivity contribution in [2.75, 3.05) is 13.2 Å². The highest BCUT2D eigenvalue weighted by molar-refractivity contribution is 4.79. The fraction of sp³-hybridized carbons (Fsp3) is 1.00. The minimum Gasteiger partial charge on any atom is -0.375 e. The van der Waals surface area contributed by atoms with Gasteiger partial charge in [0.2, 0.25) is 0 Å². The van der Waals surface area contributed by atoms with E-state index in [1.165, 1.54) is 12.8 Å². The van der Waals surface area contributed by atoms with E-state index in [2.05, 4.69) is 6.92 Å². The third-order valence-electron chi connectivity index (χ3n) is 2.21. The SMILES string of the molecule is CC1(CCCN)CCCO1. The molecule has 60 valence electrons. The smallest absolute Gasteiger partial charge is 0.0655 e. The summed E-state index contributed by atoms with van der Waals surface area (Å²) < 4.78 is 5.59. The van der Waals surface area contributed by atoms with Crippen molar-refractivity contribution in [2.45, 2.75) is 38.2 Å². The van der Waals surface area contributed by atoms with Crippen LogP contribution in [0.4, 0.5) is 0 Å². The number of hydrogen-bond acceptors (Lipinski definition) is 2. The number of rotatable bonds is 3.